The molecule has 0 bridgehead atoms. The predicted octanol–water partition coefficient (Wildman–Crippen LogP) is 5.65. The van der Waals surface area contributed by atoms with E-state index in [1.165, 1.54) is 0 Å². The van der Waals surface area contributed by atoms with E-state index in [-0.39, 0.29) is 69.2 Å². The smallest absolute Gasteiger partial charge is 0.439 e. The summed E-state index contributed by atoms with van der Waals surface area (Å²) in [6.07, 6.45) is 5.76. The number of nitrogens with zero attached hydrogens (tertiary/aromatic N) is 3. The van der Waals surface area contributed by atoms with Gasteiger partial charge in [-0.3, -0.25) is 18.9 Å². The van der Waals surface area contributed by atoms with Gasteiger partial charge in [-0.25, -0.2) is 9.78 Å². The first-order chi connectivity index (χ1) is 21.9. The zero-order valence-corrected chi connectivity index (χ0v) is 29.8. The van der Waals surface area contributed by atoms with E-state index in [9.17, 15) is 14.7 Å². The first-order valence-corrected chi connectivity index (χ1v) is 15.8. The summed E-state index contributed by atoms with van der Waals surface area (Å²) in [5.74, 6) is 1.27. The van der Waals surface area contributed by atoms with E-state index in [2.05, 4.69) is 17.1 Å². The van der Waals surface area contributed by atoms with Crippen LogP contribution in [-0.4, -0.2) is 88.4 Å². The van der Waals surface area contributed by atoms with Crippen molar-refractivity contribution < 1.29 is 14.4 Å². The Morgan fingerprint density at radius 2 is 1.63 bits per heavy atom. The van der Waals surface area contributed by atoms with Gasteiger partial charge in [-0.05, 0) is 73.1 Å². The summed E-state index contributed by atoms with van der Waals surface area (Å²) in [5.41, 5.74) is 5.88. The molecule has 5 aromatic rings. The third kappa shape index (κ3) is 7.70. The summed E-state index contributed by atoms with van der Waals surface area (Å²) in [7, 11) is 0. The van der Waals surface area contributed by atoms with Crippen molar-refractivity contribution in [1.82, 2.24) is 19.7 Å². The molecule has 233 valence electrons. The number of nitrogens with one attached hydrogen (secondary N) is 1. The number of ether oxygens (including phenoxy) is 1. The molecule has 2 heterocycles. The molecule has 3 aromatic carbocycles. The molecule has 0 amide bonds. The number of aromatic amines is 1. The van der Waals surface area contributed by atoms with Gasteiger partial charge in [0.1, 0.15) is 11.6 Å². The van der Waals surface area contributed by atoms with Crippen molar-refractivity contribution in [3.05, 3.63) is 116 Å². The van der Waals surface area contributed by atoms with E-state index in [0.29, 0.717) is 24.2 Å². The van der Waals surface area contributed by atoms with Crippen molar-refractivity contribution >= 4 is 51.4 Å². The number of aliphatic hydroxyl groups is 1. The average Bonchev–Trinajstić information content (AvgIpc) is 3.50. The molecule has 6 rings (SSSR count). The number of hydrogen-bond acceptors (Lipinski definition) is 7. The van der Waals surface area contributed by atoms with Crippen molar-refractivity contribution in [2.24, 2.45) is 0 Å². The van der Waals surface area contributed by atoms with Crippen LogP contribution < -0.4 is 16.1 Å². The molecule has 2 aromatic heterocycles. The maximum absolute atomic E-state index is 14.2. The second-order valence-electron chi connectivity index (χ2n) is 11.6. The molecule has 2 N–H and O–H groups in total. The molecule has 0 spiro atoms. The molecular formula is C36H38KN4O5. The number of H-pyrrole nitrogens is 1. The SMILES string of the molecule is CCCc1nc(CC)n(-c2ccc(OC3CCC(O)CC3)cc2)c(=O)c1Cc1ccc(-c2ccccc2-c2noc(=O)[nH]2)cc1.[K]. The molecule has 10 heteroatoms. The number of rotatable bonds is 10. The summed E-state index contributed by atoms with van der Waals surface area (Å²) in [6.45, 7) is 4.12. The topological polar surface area (TPSA) is 123 Å². The Bertz CT molecular complexity index is 1870. The van der Waals surface area contributed by atoms with Gasteiger partial charge in [-0.2, -0.15) is 0 Å². The number of aromatic nitrogens is 4. The Labute approximate surface area is 310 Å². The minimum absolute atomic E-state index is 0. The minimum Gasteiger partial charge on any atom is -0.490 e. The third-order valence-electron chi connectivity index (χ3n) is 8.44. The number of hydrogen-bond donors (Lipinski definition) is 2. The summed E-state index contributed by atoms with van der Waals surface area (Å²) in [4.78, 5) is 33.4. The van der Waals surface area contributed by atoms with E-state index < -0.39 is 5.76 Å². The van der Waals surface area contributed by atoms with E-state index >= 15 is 0 Å². The molecule has 46 heavy (non-hydrogen) atoms. The van der Waals surface area contributed by atoms with Gasteiger partial charge >= 0.3 is 5.76 Å². The maximum atomic E-state index is 14.2. The van der Waals surface area contributed by atoms with Crippen LogP contribution in [0.25, 0.3) is 28.2 Å². The molecule has 9 nitrogen and oxygen atoms in total. The third-order valence-corrected chi connectivity index (χ3v) is 8.44. The molecular weight excluding hydrogens is 608 g/mol. The van der Waals surface area contributed by atoms with Crippen LogP contribution >= 0.6 is 0 Å². The Hall–Kier alpha value is -3.12. The fourth-order valence-corrected chi connectivity index (χ4v) is 6.10. The molecule has 1 radical (unpaired) electrons. The van der Waals surface area contributed by atoms with Gasteiger partial charge in [0.05, 0.1) is 23.6 Å². The Morgan fingerprint density at radius 3 is 2.26 bits per heavy atom. The predicted molar refractivity (Wildman–Crippen MR) is 179 cm³/mol. The van der Waals surface area contributed by atoms with Crippen LogP contribution in [0.3, 0.4) is 0 Å². The van der Waals surface area contributed by atoms with E-state index in [1.807, 2.05) is 79.7 Å². The van der Waals surface area contributed by atoms with Gasteiger partial charge < -0.3 is 9.84 Å². The van der Waals surface area contributed by atoms with Crippen LogP contribution in [-0.2, 0) is 19.3 Å². The van der Waals surface area contributed by atoms with Gasteiger partial charge in [0.15, 0.2) is 5.82 Å². The fraction of sp³-hybridized carbons (Fsp3) is 0.333. The molecule has 1 saturated carbocycles. The number of benzene rings is 3. The van der Waals surface area contributed by atoms with Gasteiger partial charge in [0, 0.05) is 75.4 Å². The molecule has 1 fully saturated rings. The van der Waals surface area contributed by atoms with Crippen LogP contribution in [0.1, 0.15) is 68.6 Å². The van der Waals surface area contributed by atoms with Crippen LogP contribution in [0.2, 0.25) is 0 Å². The Morgan fingerprint density at radius 1 is 0.935 bits per heavy atom. The zero-order chi connectivity index (χ0) is 31.3. The molecule has 0 aliphatic heterocycles. The average molecular weight is 646 g/mol. The summed E-state index contributed by atoms with van der Waals surface area (Å²) in [6, 6.07) is 23.4. The van der Waals surface area contributed by atoms with Crippen LogP contribution in [0.5, 0.6) is 5.75 Å². The van der Waals surface area contributed by atoms with Crippen molar-refractivity contribution in [3.8, 4) is 34.0 Å². The van der Waals surface area contributed by atoms with Crippen molar-refractivity contribution in [1.29, 1.82) is 0 Å². The molecule has 0 saturated heterocycles. The second-order valence-corrected chi connectivity index (χ2v) is 11.6. The molecule has 1 aliphatic carbocycles. The van der Waals surface area contributed by atoms with Crippen LogP contribution in [0.4, 0.5) is 0 Å². The van der Waals surface area contributed by atoms with Gasteiger partial charge in [-0.15, -0.1) is 0 Å². The van der Waals surface area contributed by atoms with Crippen molar-refractivity contribution in [2.45, 2.75) is 77.4 Å². The minimum atomic E-state index is -0.600. The molecule has 0 unspecified atom stereocenters. The zero-order valence-electron chi connectivity index (χ0n) is 26.7. The fourth-order valence-electron chi connectivity index (χ4n) is 6.10. The van der Waals surface area contributed by atoms with Crippen molar-refractivity contribution in [2.75, 3.05) is 0 Å². The van der Waals surface area contributed by atoms with E-state index in [1.54, 1.807) is 4.57 Å². The van der Waals surface area contributed by atoms with E-state index in [4.69, 9.17) is 14.2 Å². The van der Waals surface area contributed by atoms with Gasteiger partial charge in [-0.1, -0.05) is 74.0 Å². The van der Waals surface area contributed by atoms with Crippen molar-refractivity contribution in [3.63, 3.8) is 0 Å². The van der Waals surface area contributed by atoms with E-state index in [0.717, 1.165) is 83.7 Å². The number of aliphatic hydroxyl groups excluding tert-OH is 1. The largest absolute Gasteiger partial charge is 0.490 e. The monoisotopic (exact) mass is 645 g/mol. The summed E-state index contributed by atoms with van der Waals surface area (Å²) < 4.78 is 12.6. The van der Waals surface area contributed by atoms with Crippen LogP contribution in [0, 0.1) is 0 Å². The van der Waals surface area contributed by atoms with Gasteiger partial charge in [0.25, 0.3) is 5.56 Å². The number of aryl methyl sites for hydroxylation is 2. The molecule has 1 aliphatic rings. The summed E-state index contributed by atoms with van der Waals surface area (Å²) >= 11 is 0. The van der Waals surface area contributed by atoms with Crippen LogP contribution in [0.15, 0.2) is 86.9 Å². The first kappa shape index (κ1) is 34.2. The summed E-state index contributed by atoms with van der Waals surface area (Å²) in [5, 5.41) is 13.7. The first-order valence-electron chi connectivity index (χ1n) is 15.8. The normalized spacial score (nSPS) is 16.2. The quantitative estimate of drug-likeness (QED) is 0.188. The Balaban J connectivity index is 0.00000417. The maximum Gasteiger partial charge on any atom is 0.439 e. The molecule has 0 atom stereocenters. The Kier molecular flexibility index (Phi) is 11.6. The van der Waals surface area contributed by atoms with Gasteiger partial charge in [0.2, 0.25) is 0 Å². The standard InChI is InChI=1S/C36H38N4O5.K/c1-3-7-32-31(22-23-10-12-24(13-11-23)29-8-5-6-9-30(29)34-38-36(43)45-39-34)35(42)40(33(4-2)37-32)25-14-18-27(19-15-25)44-28-20-16-26(41)17-21-28;/h5-6,8-15,18-19,26,28,41H,3-4,7,16-17,20-22H2,1-2H3,(H,38,39,43);. The second kappa shape index (κ2) is 15.6.